The fraction of sp³-hybridized carbons (Fsp3) is 0.286. The molecule has 27 heavy (non-hydrogen) atoms. The predicted octanol–water partition coefficient (Wildman–Crippen LogP) is 4.73. The minimum atomic E-state index is -0.323. The highest BCUT2D eigenvalue weighted by Crippen LogP contribution is 2.25. The third-order valence-corrected chi connectivity index (χ3v) is 4.10. The van der Waals surface area contributed by atoms with Gasteiger partial charge >= 0.3 is 6.03 Å². The summed E-state index contributed by atoms with van der Waals surface area (Å²) in [5, 5.41) is 6.74. The number of methoxy groups -OCH3 is 1. The molecule has 1 atom stereocenters. The normalized spacial score (nSPS) is 11.9. The summed E-state index contributed by atoms with van der Waals surface area (Å²) in [5.74, 6) is 1.33. The Balaban J connectivity index is 1.60. The SMILES string of the molecule is COCCCOc1ccccc1NC(=O)NC(C)c1cc2ccccc2o1. The van der Waals surface area contributed by atoms with Crippen molar-refractivity contribution in [3.8, 4) is 5.75 Å². The predicted molar refractivity (Wildman–Crippen MR) is 105 cm³/mol. The number of para-hydroxylation sites is 3. The first-order valence-electron chi connectivity index (χ1n) is 8.94. The second kappa shape index (κ2) is 9.09. The lowest BCUT2D eigenvalue weighted by molar-refractivity contribution is 0.172. The number of rotatable bonds is 8. The van der Waals surface area contributed by atoms with Gasteiger partial charge in [-0.1, -0.05) is 30.3 Å². The van der Waals surface area contributed by atoms with Crippen LogP contribution in [-0.4, -0.2) is 26.4 Å². The van der Waals surface area contributed by atoms with Gasteiger partial charge in [0.2, 0.25) is 0 Å². The Kier molecular flexibility index (Phi) is 6.33. The number of carbonyl (C=O) groups excluding carboxylic acids is 1. The summed E-state index contributed by atoms with van der Waals surface area (Å²) in [4.78, 5) is 12.4. The fourth-order valence-corrected chi connectivity index (χ4v) is 2.72. The zero-order valence-electron chi connectivity index (χ0n) is 15.5. The largest absolute Gasteiger partial charge is 0.491 e. The van der Waals surface area contributed by atoms with Crippen LogP contribution in [0.5, 0.6) is 5.75 Å². The average Bonchev–Trinajstić information content (AvgIpc) is 3.11. The molecule has 2 amide bonds. The number of fused-ring (bicyclic) bond motifs is 1. The highest BCUT2D eigenvalue weighted by Gasteiger charge is 2.15. The van der Waals surface area contributed by atoms with E-state index in [9.17, 15) is 4.79 Å². The van der Waals surface area contributed by atoms with E-state index in [1.807, 2.05) is 55.5 Å². The van der Waals surface area contributed by atoms with E-state index in [2.05, 4.69) is 10.6 Å². The van der Waals surface area contributed by atoms with Gasteiger partial charge in [0.15, 0.2) is 0 Å². The Morgan fingerprint density at radius 1 is 1.11 bits per heavy atom. The van der Waals surface area contributed by atoms with Gasteiger partial charge in [-0.3, -0.25) is 0 Å². The number of urea groups is 1. The van der Waals surface area contributed by atoms with Crippen molar-refractivity contribution in [2.45, 2.75) is 19.4 Å². The van der Waals surface area contributed by atoms with E-state index < -0.39 is 0 Å². The molecule has 0 saturated carbocycles. The Bertz CT molecular complexity index is 858. The number of hydrogen-bond donors (Lipinski definition) is 2. The maximum absolute atomic E-state index is 12.4. The maximum Gasteiger partial charge on any atom is 0.319 e. The first-order valence-corrected chi connectivity index (χ1v) is 8.94. The van der Waals surface area contributed by atoms with Gasteiger partial charge in [-0.15, -0.1) is 0 Å². The van der Waals surface area contributed by atoms with Gasteiger partial charge in [0.1, 0.15) is 17.1 Å². The quantitative estimate of drug-likeness (QED) is 0.564. The van der Waals surface area contributed by atoms with E-state index in [0.717, 1.165) is 17.4 Å². The van der Waals surface area contributed by atoms with Crippen LogP contribution in [0.2, 0.25) is 0 Å². The third-order valence-electron chi connectivity index (χ3n) is 4.10. The Hall–Kier alpha value is -2.99. The monoisotopic (exact) mass is 368 g/mol. The molecule has 0 aliphatic carbocycles. The zero-order valence-corrected chi connectivity index (χ0v) is 15.5. The van der Waals surface area contributed by atoms with Crippen molar-refractivity contribution >= 4 is 22.7 Å². The molecule has 6 heteroatoms. The second-order valence-electron chi connectivity index (χ2n) is 6.20. The van der Waals surface area contributed by atoms with Crippen LogP contribution in [0.25, 0.3) is 11.0 Å². The summed E-state index contributed by atoms with van der Waals surface area (Å²) in [6.45, 7) is 3.03. The van der Waals surface area contributed by atoms with Crippen molar-refractivity contribution in [2.24, 2.45) is 0 Å². The Morgan fingerprint density at radius 3 is 2.70 bits per heavy atom. The molecule has 3 aromatic rings. The molecule has 0 radical (unpaired) electrons. The fourth-order valence-electron chi connectivity index (χ4n) is 2.72. The number of anilines is 1. The molecule has 0 aliphatic heterocycles. The molecule has 0 spiro atoms. The lowest BCUT2D eigenvalue weighted by Crippen LogP contribution is -2.31. The van der Waals surface area contributed by atoms with Crippen molar-refractivity contribution in [1.82, 2.24) is 5.32 Å². The Morgan fingerprint density at radius 2 is 1.89 bits per heavy atom. The summed E-state index contributed by atoms with van der Waals surface area (Å²) in [6, 6.07) is 16.4. The van der Waals surface area contributed by atoms with Gasteiger partial charge < -0.3 is 24.5 Å². The molecule has 142 valence electrons. The molecule has 2 aromatic carbocycles. The maximum atomic E-state index is 12.4. The van der Waals surface area contributed by atoms with Crippen molar-refractivity contribution < 1.29 is 18.7 Å². The van der Waals surface area contributed by atoms with Crippen LogP contribution in [0.15, 0.2) is 59.0 Å². The molecule has 6 nitrogen and oxygen atoms in total. The summed E-state index contributed by atoms with van der Waals surface area (Å²) in [6.07, 6.45) is 0.778. The molecule has 1 aromatic heterocycles. The van der Waals surface area contributed by atoms with Gasteiger partial charge in [0, 0.05) is 25.5 Å². The molecule has 0 bridgehead atoms. The molecule has 0 saturated heterocycles. The van der Waals surface area contributed by atoms with Gasteiger partial charge in [-0.05, 0) is 31.2 Å². The van der Waals surface area contributed by atoms with E-state index in [0.29, 0.717) is 30.4 Å². The highest BCUT2D eigenvalue weighted by atomic mass is 16.5. The minimum Gasteiger partial charge on any atom is -0.491 e. The molecule has 1 heterocycles. The van der Waals surface area contributed by atoms with Gasteiger partial charge in [0.05, 0.1) is 18.3 Å². The molecular weight excluding hydrogens is 344 g/mol. The second-order valence-corrected chi connectivity index (χ2v) is 6.20. The third kappa shape index (κ3) is 5.01. The lowest BCUT2D eigenvalue weighted by Gasteiger charge is -2.15. The van der Waals surface area contributed by atoms with Gasteiger partial charge in [-0.25, -0.2) is 4.79 Å². The number of carbonyl (C=O) groups is 1. The molecule has 0 fully saturated rings. The van der Waals surface area contributed by atoms with Crippen LogP contribution in [0.1, 0.15) is 25.1 Å². The highest BCUT2D eigenvalue weighted by molar-refractivity contribution is 5.91. The molecule has 1 unspecified atom stereocenters. The van der Waals surface area contributed by atoms with Gasteiger partial charge in [0.25, 0.3) is 0 Å². The van der Waals surface area contributed by atoms with Crippen LogP contribution in [-0.2, 0) is 4.74 Å². The molecular formula is C21H24N2O4. The van der Waals surface area contributed by atoms with E-state index >= 15 is 0 Å². The van der Waals surface area contributed by atoms with Gasteiger partial charge in [-0.2, -0.15) is 0 Å². The van der Waals surface area contributed by atoms with E-state index in [-0.39, 0.29) is 12.1 Å². The zero-order chi connectivity index (χ0) is 19.1. The van der Waals surface area contributed by atoms with Crippen LogP contribution < -0.4 is 15.4 Å². The van der Waals surface area contributed by atoms with Crippen molar-refractivity contribution in [1.29, 1.82) is 0 Å². The number of benzene rings is 2. The smallest absolute Gasteiger partial charge is 0.319 e. The van der Waals surface area contributed by atoms with Crippen molar-refractivity contribution in [3.05, 3.63) is 60.4 Å². The molecule has 3 rings (SSSR count). The summed E-state index contributed by atoms with van der Waals surface area (Å²) in [7, 11) is 1.66. The minimum absolute atomic E-state index is 0.271. The van der Waals surface area contributed by atoms with Crippen LogP contribution in [0.3, 0.4) is 0 Å². The van der Waals surface area contributed by atoms with E-state index in [4.69, 9.17) is 13.9 Å². The Labute approximate surface area is 158 Å². The first-order chi connectivity index (χ1) is 13.2. The van der Waals surface area contributed by atoms with Crippen LogP contribution in [0.4, 0.5) is 10.5 Å². The topological polar surface area (TPSA) is 72.7 Å². The van der Waals surface area contributed by atoms with E-state index in [1.165, 1.54) is 0 Å². The molecule has 0 aliphatic rings. The average molecular weight is 368 g/mol. The summed E-state index contributed by atoms with van der Waals surface area (Å²) in [5.41, 5.74) is 1.42. The summed E-state index contributed by atoms with van der Waals surface area (Å²) < 4.78 is 16.5. The van der Waals surface area contributed by atoms with Crippen LogP contribution in [0, 0.1) is 0 Å². The number of ether oxygens (including phenoxy) is 2. The number of nitrogens with one attached hydrogen (secondary N) is 2. The van der Waals surface area contributed by atoms with Crippen molar-refractivity contribution in [2.75, 3.05) is 25.6 Å². The standard InChI is InChI=1S/C21H24N2O4/c1-15(20-14-16-8-3-5-10-18(16)27-20)22-21(24)23-17-9-4-6-11-19(17)26-13-7-12-25-2/h3-6,8-11,14-15H,7,12-13H2,1-2H3,(H2,22,23,24). The first kappa shape index (κ1) is 18.8. The van der Waals surface area contributed by atoms with Crippen LogP contribution >= 0.6 is 0 Å². The van der Waals surface area contributed by atoms with Crippen molar-refractivity contribution in [3.63, 3.8) is 0 Å². The summed E-state index contributed by atoms with van der Waals surface area (Å²) >= 11 is 0. The number of amides is 2. The lowest BCUT2D eigenvalue weighted by atomic mass is 10.2. The number of furan rings is 1. The number of hydrogen-bond acceptors (Lipinski definition) is 4. The van der Waals surface area contributed by atoms with E-state index in [1.54, 1.807) is 13.2 Å². The molecule has 2 N–H and O–H groups in total.